The van der Waals surface area contributed by atoms with Crippen LogP contribution in [0.2, 0.25) is 0 Å². The van der Waals surface area contributed by atoms with Gasteiger partial charge in [-0.05, 0) is 61.9 Å². The largest absolute Gasteiger partial charge is 0.385 e. The van der Waals surface area contributed by atoms with E-state index in [0.717, 1.165) is 0 Å². The van der Waals surface area contributed by atoms with Gasteiger partial charge < -0.3 is 10.1 Å². The van der Waals surface area contributed by atoms with E-state index in [1.54, 1.807) is 31.4 Å². The average Bonchev–Trinajstić information content (AvgIpc) is 2.66. The Hall–Kier alpha value is -2.55. The molecule has 0 atom stereocenters. The highest BCUT2D eigenvalue weighted by atomic mass is 32.2. The van der Waals surface area contributed by atoms with Crippen LogP contribution in [0.1, 0.15) is 34.1 Å². The Balaban J connectivity index is 2.01. The van der Waals surface area contributed by atoms with Crippen LogP contribution in [-0.4, -0.2) is 40.4 Å². The number of methoxy groups -OCH3 is 1. The molecule has 144 valence electrons. The third kappa shape index (κ3) is 5.99. The van der Waals surface area contributed by atoms with E-state index in [4.69, 9.17) is 4.74 Å². The quantitative estimate of drug-likeness (QED) is 0.506. The van der Waals surface area contributed by atoms with E-state index in [-0.39, 0.29) is 23.1 Å². The van der Waals surface area contributed by atoms with Gasteiger partial charge in [0.25, 0.3) is 5.91 Å². The summed E-state index contributed by atoms with van der Waals surface area (Å²) >= 11 is 0. The molecule has 0 bridgehead atoms. The van der Waals surface area contributed by atoms with Crippen molar-refractivity contribution in [1.29, 1.82) is 0 Å². The highest BCUT2D eigenvalue weighted by Gasteiger charge is 2.14. The molecule has 0 saturated carbocycles. The summed E-state index contributed by atoms with van der Waals surface area (Å²) in [5, 5.41) is 2.70. The molecule has 0 aromatic heterocycles. The zero-order valence-electron chi connectivity index (χ0n) is 15.2. The molecule has 0 radical (unpaired) electrons. The van der Waals surface area contributed by atoms with Crippen molar-refractivity contribution in [2.45, 2.75) is 18.2 Å². The summed E-state index contributed by atoms with van der Waals surface area (Å²) < 4.78 is 31.7. The molecule has 0 aliphatic carbocycles. The van der Waals surface area contributed by atoms with E-state index in [0.29, 0.717) is 29.8 Å². The smallest absolute Gasteiger partial charge is 0.255 e. The maximum absolute atomic E-state index is 12.3. The van der Waals surface area contributed by atoms with Gasteiger partial charge in [0.2, 0.25) is 10.0 Å². The van der Waals surface area contributed by atoms with E-state index < -0.39 is 10.0 Å². The fourth-order valence-corrected chi connectivity index (χ4v) is 3.36. The molecule has 0 fully saturated rings. The molecule has 2 aromatic carbocycles. The number of anilines is 1. The molecule has 0 heterocycles. The van der Waals surface area contributed by atoms with Crippen molar-refractivity contribution in [1.82, 2.24) is 4.72 Å². The number of benzene rings is 2. The van der Waals surface area contributed by atoms with Gasteiger partial charge in [0, 0.05) is 37.1 Å². The highest BCUT2D eigenvalue weighted by molar-refractivity contribution is 7.89. The fourth-order valence-electron chi connectivity index (χ4n) is 2.28. The number of carbonyl (C=O) groups is 2. The van der Waals surface area contributed by atoms with E-state index in [9.17, 15) is 18.0 Å². The minimum atomic E-state index is -3.62. The van der Waals surface area contributed by atoms with Crippen LogP contribution in [0.5, 0.6) is 0 Å². The Morgan fingerprint density at radius 3 is 2.11 bits per heavy atom. The lowest BCUT2D eigenvalue weighted by Crippen LogP contribution is -2.25. The zero-order valence-corrected chi connectivity index (χ0v) is 16.0. The Labute approximate surface area is 158 Å². The van der Waals surface area contributed by atoms with Gasteiger partial charge in [-0.3, -0.25) is 9.59 Å². The Morgan fingerprint density at radius 2 is 1.56 bits per heavy atom. The van der Waals surface area contributed by atoms with Gasteiger partial charge in [0.1, 0.15) is 0 Å². The number of sulfonamides is 1. The minimum Gasteiger partial charge on any atom is -0.385 e. The number of ketones is 1. The van der Waals surface area contributed by atoms with E-state index in [2.05, 4.69) is 10.0 Å². The number of hydrogen-bond acceptors (Lipinski definition) is 5. The van der Waals surface area contributed by atoms with Gasteiger partial charge in [-0.25, -0.2) is 13.1 Å². The molecule has 2 aromatic rings. The van der Waals surface area contributed by atoms with E-state index in [1.165, 1.54) is 31.2 Å². The maximum Gasteiger partial charge on any atom is 0.255 e. The first kappa shape index (κ1) is 20.8. The second kappa shape index (κ2) is 9.40. The summed E-state index contributed by atoms with van der Waals surface area (Å²) in [5.41, 5.74) is 1.42. The van der Waals surface area contributed by atoms with Crippen LogP contribution in [-0.2, 0) is 14.8 Å². The Bertz CT molecular complexity index is 891. The number of nitrogens with one attached hydrogen (secondary N) is 2. The number of amides is 1. The standard InChI is InChI=1S/C19H22N2O5S/c1-14(22)15-4-8-17(9-5-15)21-19(23)16-6-10-18(11-7-16)27(24,25)20-12-3-13-26-2/h4-11,20H,3,12-13H2,1-2H3,(H,21,23). The first-order chi connectivity index (χ1) is 12.8. The predicted octanol–water partition coefficient (Wildman–Crippen LogP) is 2.46. The summed E-state index contributed by atoms with van der Waals surface area (Å²) in [4.78, 5) is 23.6. The summed E-state index contributed by atoms with van der Waals surface area (Å²) in [6.07, 6.45) is 0.568. The SMILES string of the molecule is COCCCNS(=O)(=O)c1ccc(C(=O)Nc2ccc(C(C)=O)cc2)cc1. The lowest BCUT2D eigenvalue weighted by atomic mass is 10.1. The van der Waals surface area contributed by atoms with Crippen LogP contribution in [0.3, 0.4) is 0 Å². The fraction of sp³-hybridized carbons (Fsp3) is 0.263. The van der Waals surface area contributed by atoms with Crippen LogP contribution in [0.25, 0.3) is 0 Å². The van der Waals surface area contributed by atoms with Gasteiger partial charge in [-0.15, -0.1) is 0 Å². The van der Waals surface area contributed by atoms with Gasteiger partial charge in [0.05, 0.1) is 4.90 Å². The molecule has 2 rings (SSSR count). The van der Waals surface area contributed by atoms with Crippen molar-refractivity contribution in [3.63, 3.8) is 0 Å². The van der Waals surface area contributed by atoms with Gasteiger partial charge >= 0.3 is 0 Å². The first-order valence-corrected chi connectivity index (χ1v) is 9.83. The van der Waals surface area contributed by atoms with Crippen LogP contribution in [0.15, 0.2) is 53.4 Å². The summed E-state index contributed by atoms with van der Waals surface area (Å²) in [6, 6.07) is 12.2. The lowest BCUT2D eigenvalue weighted by molar-refractivity contribution is 0.101. The van der Waals surface area contributed by atoms with Crippen molar-refractivity contribution in [2.75, 3.05) is 25.6 Å². The highest BCUT2D eigenvalue weighted by Crippen LogP contribution is 2.14. The number of carbonyl (C=O) groups excluding carboxylic acids is 2. The topological polar surface area (TPSA) is 102 Å². The third-order valence-electron chi connectivity index (χ3n) is 3.79. The molecule has 8 heteroatoms. The molecule has 0 aliphatic heterocycles. The predicted molar refractivity (Wildman–Crippen MR) is 103 cm³/mol. The zero-order chi connectivity index (χ0) is 19.9. The molecular formula is C19H22N2O5S. The summed E-state index contributed by atoms with van der Waals surface area (Å²) in [6.45, 7) is 2.21. The number of ether oxygens (including phenoxy) is 1. The van der Waals surface area contributed by atoms with Crippen LogP contribution in [0.4, 0.5) is 5.69 Å². The second-order valence-electron chi connectivity index (χ2n) is 5.86. The van der Waals surface area contributed by atoms with Crippen LogP contribution < -0.4 is 10.0 Å². The van der Waals surface area contributed by atoms with Crippen molar-refractivity contribution in [3.8, 4) is 0 Å². The van der Waals surface area contributed by atoms with Crippen molar-refractivity contribution in [3.05, 3.63) is 59.7 Å². The molecule has 27 heavy (non-hydrogen) atoms. The normalized spacial score (nSPS) is 11.2. The van der Waals surface area contributed by atoms with Gasteiger partial charge in [-0.2, -0.15) is 0 Å². The van der Waals surface area contributed by atoms with E-state index in [1.807, 2.05) is 0 Å². The third-order valence-corrected chi connectivity index (χ3v) is 5.27. The molecule has 7 nitrogen and oxygen atoms in total. The Kier molecular flexibility index (Phi) is 7.23. The van der Waals surface area contributed by atoms with Crippen LogP contribution in [0, 0.1) is 0 Å². The second-order valence-corrected chi connectivity index (χ2v) is 7.62. The van der Waals surface area contributed by atoms with Gasteiger partial charge in [-0.1, -0.05) is 0 Å². The maximum atomic E-state index is 12.3. The Morgan fingerprint density at radius 1 is 0.963 bits per heavy atom. The number of hydrogen-bond donors (Lipinski definition) is 2. The minimum absolute atomic E-state index is 0.0551. The molecule has 0 spiro atoms. The molecule has 2 N–H and O–H groups in total. The molecule has 0 unspecified atom stereocenters. The average molecular weight is 390 g/mol. The molecular weight excluding hydrogens is 368 g/mol. The lowest BCUT2D eigenvalue weighted by Gasteiger charge is -2.08. The molecule has 0 aliphatic rings. The number of Topliss-reactive ketones (excluding diaryl/α,β-unsaturated/α-hetero) is 1. The van der Waals surface area contributed by atoms with Crippen molar-refractivity contribution < 1.29 is 22.7 Å². The molecule has 0 saturated heterocycles. The number of rotatable bonds is 9. The van der Waals surface area contributed by atoms with Crippen molar-refractivity contribution >= 4 is 27.4 Å². The molecule has 1 amide bonds. The summed E-state index contributed by atoms with van der Waals surface area (Å²) in [7, 11) is -2.07. The summed E-state index contributed by atoms with van der Waals surface area (Å²) in [5.74, 6) is -0.428. The van der Waals surface area contributed by atoms with Crippen LogP contribution >= 0.6 is 0 Å². The van der Waals surface area contributed by atoms with E-state index >= 15 is 0 Å². The first-order valence-electron chi connectivity index (χ1n) is 8.34. The van der Waals surface area contributed by atoms with Gasteiger partial charge in [0.15, 0.2) is 5.78 Å². The monoisotopic (exact) mass is 390 g/mol. The van der Waals surface area contributed by atoms with Crippen molar-refractivity contribution in [2.24, 2.45) is 0 Å².